The summed E-state index contributed by atoms with van der Waals surface area (Å²) in [5.74, 6) is 3.42. The van der Waals surface area contributed by atoms with Crippen LogP contribution in [0.2, 0.25) is 0 Å². The predicted molar refractivity (Wildman–Crippen MR) is 114 cm³/mol. The first-order chi connectivity index (χ1) is 15.5. The molecule has 2 aromatic rings. The number of hydrogen-bond donors (Lipinski definition) is 2. The monoisotopic (exact) mass is 456 g/mol. The Labute approximate surface area is 189 Å². The first kappa shape index (κ1) is 19.9. The van der Waals surface area contributed by atoms with Crippen molar-refractivity contribution in [1.29, 1.82) is 0 Å². The summed E-state index contributed by atoms with van der Waals surface area (Å²) in [5, 5.41) is 13.9. The van der Waals surface area contributed by atoms with Crippen molar-refractivity contribution >= 4 is 23.7 Å². The zero-order valence-corrected chi connectivity index (χ0v) is 18.3. The zero-order valence-electron chi connectivity index (χ0n) is 17.5. The number of ether oxygens (including phenoxy) is 2. The van der Waals surface area contributed by atoms with Gasteiger partial charge in [0.05, 0.1) is 5.75 Å². The molecule has 1 aliphatic heterocycles. The number of carbonyl (C=O) groups excluding carboxylic acids is 2. The molecule has 7 rings (SSSR count). The summed E-state index contributed by atoms with van der Waals surface area (Å²) in [5.41, 5.74) is 0.575. The van der Waals surface area contributed by atoms with Crippen molar-refractivity contribution in [3.63, 3.8) is 0 Å². The molecule has 2 heterocycles. The molecule has 2 N–H and O–H groups in total. The fourth-order valence-corrected chi connectivity index (χ4v) is 6.80. The average Bonchev–Trinajstić information content (AvgIpc) is 3.39. The van der Waals surface area contributed by atoms with Gasteiger partial charge in [0.15, 0.2) is 11.5 Å². The fraction of sp³-hybridized carbons (Fsp3) is 0.545. The number of hydrogen-bond acceptors (Lipinski definition) is 8. The van der Waals surface area contributed by atoms with Crippen molar-refractivity contribution in [1.82, 2.24) is 20.8 Å². The van der Waals surface area contributed by atoms with Gasteiger partial charge < -0.3 is 19.2 Å². The van der Waals surface area contributed by atoms with Gasteiger partial charge in [0.1, 0.15) is 0 Å². The second-order valence-electron chi connectivity index (χ2n) is 9.43. The van der Waals surface area contributed by atoms with E-state index in [2.05, 4.69) is 20.8 Å². The van der Waals surface area contributed by atoms with Crippen LogP contribution >= 0.6 is 11.8 Å². The van der Waals surface area contributed by atoms with Crippen LogP contribution in [-0.2, 0) is 4.79 Å². The maximum absolute atomic E-state index is 12.5. The molecule has 32 heavy (non-hydrogen) atoms. The normalized spacial score (nSPS) is 29.2. The highest BCUT2D eigenvalue weighted by Gasteiger charge is 2.51. The van der Waals surface area contributed by atoms with Crippen LogP contribution in [0.1, 0.15) is 38.5 Å². The molecule has 4 saturated carbocycles. The highest BCUT2D eigenvalue weighted by atomic mass is 32.2. The van der Waals surface area contributed by atoms with E-state index in [1.165, 1.54) is 19.3 Å². The smallest absolute Gasteiger partial charge is 0.321 e. The number of rotatable bonds is 5. The number of aromatic nitrogens is 2. The molecular formula is C22H24N4O5S. The number of benzene rings is 1. The lowest BCUT2D eigenvalue weighted by Crippen LogP contribution is -2.61. The summed E-state index contributed by atoms with van der Waals surface area (Å²) >= 11 is 1.09. The molecule has 9 nitrogen and oxygen atoms in total. The van der Waals surface area contributed by atoms with E-state index in [1.807, 2.05) is 0 Å². The number of amides is 3. The van der Waals surface area contributed by atoms with Crippen LogP contribution in [0.15, 0.2) is 27.8 Å². The van der Waals surface area contributed by atoms with Gasteiger partial charge in [-0.3, -0.25) is 10.1 Å². The quantitative estimate of drug-likeness (QED) is 0.658. The van der Waals surface area contributed by atoms with E-state index in [-0.39, 0.29) is 29.2 Å². The number of nitrogens with one attached hydrogen (secondary N) is 2. The average molecular weight is 457 g/mol. The van der Waals surface area contributed by atoms with Crippen LogP contribution in [-0.4, -0.2) is 40.2 Å². The molecule has 0 unspecified atom stereocenters. The van der Waals surface area contributed by atoms with Gasteiger partial charge in [-0.1, -0.05) is 11.8 Å². The number of thioether (sulfide) groups is 1. The van der Waals surface area contributed by atoms with E-state index >= 15 is 0 Å². The van der Waals surface area contributed by atoms with E-state index in [0.717, 1.165) is 48.8 Å². The Hall–Kier alpha value is -2.75. The summed E-state index contributed by atoms with van der Waals surface area (Å²) in [4.78, 5) is 24.8. The first-order valence-corrected chi connectivity index (χ1v) is 12.0. The second-order valence-corrected chi connectivity index (χ2v) is 10.4. The number of carbonyl (C=O) groups is 2. The van der Waals surface area contributed by atoms with Crippen LogP contribution in [0, 0.1) is 17.8 Å². The molecule has 4 aliphatic carbocycles. The lowest BCUT2D eigenvalue weighted by Gasteiger charge is -2.56. The van der Waals surface area contributed by atoms with Gasteiger partial charge in [0.25, 0.3) is 5.22 Å². The maximum Gasteiger partial charge on any atom is 0.321 e. The molecule has 5 aliphatic rings. The zero-order chi connectivity index (χ0) is 21.7. The molecule has 0 spiro atoms. The molecule has 10 heteroatoms. The van der Waals surface area contributed by atoms with Gasteiger partial charge in [-0.05, 0) is 74.5 Å². The minimum Gasteiger partial charge on any atom is -0.454 e. The van der Waals surface area contributed by atoms with Crippen LogP contribution in [0.25, 0.3) is 11.5 Å². The minimum atomic E-state index is -0.399. The summed E-state index contributed by atoms with van der Waals surface area (Å²) in [7, 11) is 0. The van der Waals surface area contributed by atoms with Gasteiger partial charge in [-0.15, -0.1) is 10.2 Å². The van der Waals surface area contributed by atoms with Crippen LogP contribution in [0.4, 0.5) is 4.79 Å². The predicted octanol–water partition coefficient (Wildman–Crippen LogP) is 3.35. The summed E-state index contributed by atoms with van der Waals surface area (Å²) in [6.07, 6.45) is 7.03. The van der Waals surface area contributed by atoms with Crippen molar-refractivity contribution in [3.05, 3.63) is 18.2 Å². The van der Waals surface area contributed by atoms with Crippen LogP contribution in [0.5, 0.6) is 11.5 Å². The third-order valence-electron chi connectivity index (χ3n) is 7.02. The van der Waals surface area contributed by atoms with E-state index in [1.54, 1.807) is 18.2 Å². The van der Waals surface area contributed by atoms with Crippen molar-refractivity contribution in [2.45, 2.75) is 49.3 Å². The third-order valence-corrected chi connectivity index (χ3v) is 7.84. The molecular weight excluding hydrogens is 432 g/mol. The van der Waals surface area contributed by atoms with Crippen LogP contribution < -0.4 is 20.1 Å². The topological polar surface area (TPSA) is 116 Å². The number of nitrogens with zero attached hydrogens (tertiary/aromatic N) is 2. The molecule has 4 fully saturated rings. The standard InChI is InChI=1S/C22H24N4O5S/c27-18(23-20(28)24-22-7-12-3-13(8-22)5-14(4-12)9-22)10-32-21-26-25-19(31-21)15-1-2-16-17(6-15)30-11-29-16/h1-2,6,12-14H,3-5,7-11H2,(H2,23,24,27,28). The highest BCUT2D eigenvalue weighted by molar-refractivity contribution is 7.99. The van der Waals surface area contributed by atoms with Crippen LogP contribution in [0.3, 0.4) is 0 Å². The van der Waals surface area contributed by atoms with E-state index in [4.69, 9.17) is 13.9 Å². The summed E-state index contributed by atoms with van der Waals surface area (Å²) < 4.78 is 16.3. The maximum atomic E-state index is 12.5. The van der Waals surface area contributed by atoms with Gasteiger partial charge in [-0.25, -0.2) is 4.79 Å². The van der Waals surface area contributed by atoms with Gasteiger partial charge >= 0.3 is 6.03 Å². The van der Waals surface area contributed by atoms with Crippen molar-refractivity contribution < 1.29 is 23.5 Å². The van der Waals surface area contributed by atoms with Gasteiger partial charge in [-0.2, -0.15) is 0 Å². The SMILES string of the molecule is O=C(CSc1nnc(-c2ccc3c(c2)OCO3)o1)NC(=O)NC12CC3CC(CC(C3)C1)C2. The fourth-order valence-electron chi connectivity index (χ4n) is 6.24. The van der Waals surface area contributed by atoms with E-state index in [9.17, 15) is 9.59 Å². The van der Waals surface area contributed by atoms with Crippen molar-refractivity contribution in [2.75, 3.05) is 12.5 Å². The number of fused-ring (bicyclic) bond motifs is 1. The molecule has 0 radical (unpaired) electrons. The Bertz CT molecular complexity index is 1040. The molecule has 1 aromatic heterocycles. The summed E-state index contributed by atoms with van der Waals surface area (Å²) in [6, 6.07) is 4.96. The molecule has 1 aromatic carbocycles. The van der Waals surface area contributed by atoms with Crippen molar-refractivity contribution in [3.8, 4) is 23.0 Å². The Balaban J connectivity index is 1.01. The molecule has 168 valence electrons. The Kier molecular flexibility index (Phi) is 4.78. The van der Waals surface area contributed by atoms with Gasteiger partial charge in [0.2, 0.25) is 18.6 Å². The third kappa shape index (κ3) is 3.80. The van der Waals surface area contributed by atoms with Gasteiger partial charge in [0, 0.05) is 11.1 Å². The lowest BCUT2D eigenvalue weighted by atomic mass is 9.53. The number of urea groups is 1. The second kappa shape index (κ2) is 7.68. The Morgan fingerprint density at radius 3 is 2.50 bits per heavy atom. The molecule has 4 bridgehead atoms. The number of imide groups is 1. The Morgan fingerprint density at radius 1 is 1.03 bits per heavy atom. The highest BCUT2D eigenvalue weighted by Crippen LogP contribution is 2.55. The molecule has 0 atom stereocenters. The summed E-state index contributed by atoms with van der Waals surface area (Å²) in [6.45, 7) is 0.190. The van der Waals surface area contributed by atoms with E-state index in [0.29, 0.717) is 23.0 Å². The molecule has 0 saturated heterocycles. The minimum absolute atomic E-state index is 0.0110. The Morgan fingerprint density at radius 2 is 1.75 bits per heavy atom. The van der Waals surface area contributed by atoms with Crippen molar-refractivity contribution in [2.24, 2.45) is 17.8 Å². The largest absolute Gasteiger partial charge is 0.454 e. The molecule has 3 amide bonds. The lowest BCUT2D eigenvalue weighted by molar-refractivity contribution is -0.117. The first-order valence-electron chi connectivity index (χ1n) is 11.0. The van der Waals surface area contributed by atoms with E-state index < -0.39 is 6.03 Å².